The Hall–Kier alpha value is -1.84. The smallest absolute Gasteiger partial charge is 0.227 e. The van der Waals surface area contributed by atoms with Crippen LogP contribution in [-0.2, 0) is 9.59 Å². The quantitative estimate of drug-likeness (QED) is 0.831. The topological polar surface area (TPSA) is 63.4 Å². The summed E-state index contributed by atoms with van der Waals surface area (Å²) < 4.78 is 0. The molecule has 4 heteroatoms. The summed E-state index contributed by atoms with van der Waals surface area (Å²) in [5.74, 6) is -0.781. The van der Waals surface area contributed by atoms with Crippen LogP contribution in [0.4, 0.5) is 5.69 Å². The van der Waals surface area contributed by atoms with E-state index in [1.165, 1.54) is 0 Å². The van der Waals surface area contributed by atoms with Crippen LogP contribution in [0.25, 0.3) is 0 Å². The van der Waals surface area contributed by atoms with E-state index in [-0.39, 0.29) is 18.2 Å². The molecule has 0 aromatic heterocycles. The Morgan fingerprint density at radius 1 is 1.41 bits per heavy atom. The second-order valence-electron chi connectivity index (χ2n) is 4.60. The van der Waals surface area contributed by atoms with E-state index in [4.69, 9.17) is 5.73 Å². The van der Waals surface area contributed by atoms with Crippen LogP contribution < -0.4 is 10.6 Å². The Labute approximate surface area is 100 Å². The number of primary amides is 1. The number of carbonyl (C=O) groups excluding carboxylic acids is 2. The van der Waals surface area contributed by atoms with Gasteiger partial charge in [-0.1, -0.05) is 12.1 Å². The van der Waals surface area contributed by atoms with E-state index in [2.05, 4.69) is 0 Å². The molecule has 1 saturated heterocycles. The summed E-state index contributed by atoms with van der Waals surface area (Å²) in [6.45, 7) is 4.34. The maximum atomic E-state index is 11.9. The van der Waals surface area contributed by atoms with Crippen molar-refractivity contribution >= 4 is 17.5 Å². The molecule has 2 N–H and O–H groups in total. The molecule has 1 unspecified atom stereocenters. The number of rotatable bonds is 2. The highest BCUT2D eigenvalue weighted by molar-refractivity contribution is 6.00. The van der Waals surface area contributed by atoms with Crippen molar-refractivity contribution in [2.45, 2.75) is 20.3 Å². The molecule has 0 radical (unpaired) electrons. The molecule has 0 spiro atoms. The Morgan fingerprint density at radius 2 is 2.12 bits per heavy atom. The Balaban J connectivity index is 2.32. The highest BCUT2D eigenvalue weighted by atomic mass is 16.2. The minimum Gasteiger partial charge on any atom is -0.369 e. The molecular weight excluding hydrogens is 216 g/mol. The molecule has 0 aliphatic carbocycles. The number of hydrogen-bond donors (Lipinski definition) is 1. The van der Waals surface area contributed by atoms with Gasteiger partial charge in [0.2, 0.25) is 11.8 Å². The molecule has 0 bridgehead atoms. The van der Waals surface area contributed by atoms with Crippen molar-refractivity contribution < 1.29 is 9.59 Å². The minimum absolute atomic E-state index is 0.0255. The van der Waals surface area contributed by atoms with Crippen LogP contribution in [0.3, 0.4) is 0 Å². The third-order valence-corrected chi connectivity index (χ3v) is 3.18. The van der Waals surface area contributed by atoms with Gasteiger partial charge in [0, 0.05) is 18.7 Å². The Morgan fingerprint density at radius 3 is 2.71 bits per heavy atom. The number of aryl methyl sites for hydroxylation is 2. The van der Waals surface area contributed by atoms with Crippen molar-refractivity contribution in [2.75, 3.05) is 11.4 Å². The summed E-state index contributed by atoms with van der Waals surface area (Å²) in [5, 5.41) is 0. The fraction of sp³-hybridized carbons (Fsp3) is 0.385. The lowest BCUT2D eigenvalue weighted by Gasteiger charge is -2.19. The molecule has 1 aliphatic rings. The van der Waals surface area contributed by atoms with Gasteiger partial charge in [-0.3, -0.25) is 9.59 Å². The van der Waals surface area contributed by atoms with Gasteiger partial charge in [0.25, 0.3) is 0 Å². The van der Waals surface area contributed by atoms with Gasteiger partial charge in [-0.15, -0.1) is 0 Å². The van der Waals surface area contributed by atoms with Crippen molar-refractivity contribution in [1.29, 1.82) is 0 Å². The van der Waals surface area contributed by atoms with Gasteiger partial charge < -0.3 is 10.6 Å². The van der Waals surface area contributed by atoms with E-state index >= 15 is 0 Å². The van der Waals surface area contributed by atoms with E-state index < -0.39 is 5.91 Å². The van der Waals surface area contributed by atoms with Crippen LogP contribution in [0.15, 0.2) is 18.2 Å². The number of amides is 2. The predicted molar refractivity (Wildman–Crippen MR) is 65.6 cm³/mol. The second kappa shape index (κ2) is 4.20. The number of benzene rings is 1. The molecule has 1 fully saturated rings. The first-order chi connectivity index (χ1) is 7.99. The van der Waals surface area contributed by atoms with Gasteiger partial charge in [0.15, 0.2) is 0 Å². The summed E-state index contributed by atoms with van der Waals surface area (Å²) in [7, 11) is 0. The first-order valence-corrected chi connectivity index (χ1v) is 5.66. The molecular formula is C13H16N2O2. The third-order valence-electron chi connectivity index (χ3n) is 3.18. The van der Waals surface area contributed by atoms with Crippen LogP contribution in [0.5, 0.6) is 0 Å². The second-order valence-corrected chi connectivity index (χ2v) is 4.60. The zero-order valence-electron chi connectivity index (χ0n) is 10.1. The predicted octanol–water partition coefficient (Wildman–Crippen LogP) is 1.14. The number of nitrogens with zero attached hydrogens (tertiary/aromatic N) is 1. The van der Waals surface area contributed by atoms with Crippen molar-refractivity contribution in [1.82, 2.24) is 0 Å². The maximum absolute atomic E-state index is 11.9. The first kappa shape index (κ1) is 11.6. The number of hydrogen-bond acceptors (Lipinski definition) is 2. The molecule has 2 amide bonds. The lowest BCUT2D eigenvalue weighted by molar-refractivity contribution is -0.123. The molecule has 1 aromatic rings. The fourth-order valence-corrected chi connectivity index (χ4v) is 2.14. The molecule has 1 atom stereocenters. The van der Waals surface area contributed by atoms with E-state index in [0.29, 0.717) is 6.54 Å². The van der Waals surface area contributed by atoms with Gasteiger partial charge in [-0.2, -0.15) is 0 Å². The third kappa shape index (κ3) is 2.16. The summed E-state index contributed by atoms with van der Waals surface area (Å²) in [4.78, 5) is 24.7. The van der Waals surface area contributed by atoms with E-state index in [0.717, 1.165) is 16.8 Å². The standard InChI is InChI=1S/C13H16N2O2/c1-8-3-4-9(2)11(5-8)15-7-10(13(14)17)6-12(15)16/h3-5,10H,6-7H2,1-2H3,(H2,14,17). The van der Waals surface area contributed by atoms with E-state index in [9.17, 15) is 9.59 Å². The summed E-state index contributed by atoms with van der Waals surface area (Å²) in [5.41, 5.74) is 8.27. The maximum Gasteiger partial charge on any atom is 0.227 e. The van der Waals surface area contributed by atoms with Crippen molar-refractivity contribution in [3.05, 3.63) is 29.3 Å². The van der Waals surface area contributed by atoms with Crippen molar-refractivity contribution in [3.63, 3.8) is 0 Å². The van der Waals surface area contributed by atoms with Gasteiger partial charge in [0.1, 0.15) is 0 Å². The average molecular weight is 232 g/mol. The van der Waals surface area contributed by atoms with Crippen molar-refractivity contribution in [2.24, 2.45) is 11.7 Å². The van der Waals surface area contributed by atoms with Gasteiger partial charge >= 0.3 is 0 Å². The van der Waals surface area contributed by atoms with E-state index in [1.807, 2.05) is 32.0 Å². The number of nitrogens with two attached hydrogens (primary N) is 1. The number of anilines is 1. The molecule has 17 heavy (non-hydrogen) atoms. The zero-order valence-corrected chi connectivity index (χ0v) is 10.1. The van der Waals surface area contributed by atoms with Crippen LogP contribution in [0.1, 0.15) is 17.5 Å². The Bertz CT molecular complexity index is 482. The molecule has 0 saturated carbocycles. The van der Waals surface area contributed by atoms with Crippen LogP contribution in [0, 0.1) is 19.8 Å². The normalized spacial score (nSPS) is 19.8. The molecule has 2 rings (SSSR count). The fourth-order valence-electron chi connectivity index (χ4n) is 2.14. The highest BCUT2D eigenvalue weighted by Crippen LogP contribution is 2.28. The molecule has 1 aromatic carbocycles. The van der Waals surface area contributed by atoms with Crippen molar-refractivity contribution in [3.8, 4) is 0 Å². The largest absolute Gasteiger partial charge is 0.369 e. The Kier molecular flexibility index (Phi) is 2.88. The van der Waals surface area contributed by atoms with Gasteiger partial charge in [-0.05, 0) is 31.0 Å². The van der Waals surface area contributed by atoms with Gasteiger partial charge in [-0.25, -0.2) is 0 Å². The van der Waals surface area contributed by atoms with E-state index in [1.54, 1.807) is 4.90 Å². The average Bonchev–Trinajstić information content (AvgIpc) is 2.64. The summed E-state index contributed by atoms with van der Waals surface area (Å²) >= 11 is 0. The molecule has 4 nitrogen and oxygen atoms in total. The molecule has 1 aliphatic heterocycles. The van der Waals surface area contributed by atoms with Crippen LogP contribution in [-0.4, -0.2) is 18.4 Å². The minimum atomic E-state index is -0.397. The molecule has 1 heterocycles. The zero-order chi connectivity index (χ0) is 12.6. The summed E-state index contributed by atoms with van der Waals surface area (Å²) in [6.07, 6.45) is 0.225. The summed E-state index contributed by atoms with van der Waals surface area (Å²) in [6, 6.07) is 5.96. The lowest BCUT2D eigenvalue weighted by atomic mass is 10.1. The SMILES string of the molecule is Cc1ccc(C)c(N2CC(C(N)=O)CC2=O)c1. The lowest BCUT2D eigenvalue weighted by Crippen LogP contribution is -2.28. The van der Waals surface area contributed by atoms with Crippen LogP contribution >= 0.6 is 0 Å². The first-order valence-electron chi connectivity index (χ1n) is 5.66. The molecule has 90 valence electrons. The van der Waals surface area contributed by atoms with Gasteiger partial charge in [0.05, 0.1) is 5.92 Å². The number of carbonyl (C=O) groups is 2. The highest BCUT2D eigenvalue weighted by Gasteiger charge is 2.34. The van der Waals surface area contributed by atoms with Crippen LogP contribution in [0.2, 0.25) is 0 Å². The monoisotopic (exact) mass is 232 g/mol.